The van der Waals surface area contributed by atoms with Crippen molar-refractivity contribution < 1.29 is 14.3 Å². The summed E-state index contributed by atoms with van der Waals surface area (Å²) in [5.74, 6) is -0.293. The first kappa shape index (κ1) is 9.45. The Bertz CT molecular complexity index is 261. The van der Waals surface area contributed by atoms with E-state index in [1.54, 1.807) is 4.90 Å². The third-order valence-corrected chi connectivity index (χ3v) is 2.76. The Balaban J connectivity index is 2.04. The van der Waals surface area contributed by atoms with Crippen LogP contribution < -0.4 is 5.32 Å². The Morgan fingerprint density at radius 2 is 2.29 bits per heavy atom. The number of carbonyl (C=O) groups is 2. The molecule has 0 aromatic carbocycles. The first-order valence-electron chi connectivity index (χ1n) is 4.87. The molecule has 5 heteroatoms. The normalized spacial score (nSPS) is 33.4. The van der Waals surface area contributed by atoms with Crippen molar-refractivity contribution in [1.29, 1.82) is 0 Å². The van der Waals surface area contributed by atoms with Gasteiger partial charge in [-0.05, 0) is 6.42 Å². The highest BCUT2D eigenvalue weighted by molar-refractivity contribution is 5.97. The molecule has 5 nitrogen and oxygen atoms in total. The molecule has 0 spiro atoms. The van der Waals surface area contributed by atoms with E-state index in [4.69, 9.17) is 4.74 Å². The zero-order chi connectivity index (χ0) is 10.1. The summed E-state index contributed by atoms with van der Waals surface area (Å²) in [5, 5.41) is 2.35. The second-order valence-electron chi connectivity index (χ2n) is 3.87. The van der Waals surface area contributed by atoms with Crippen molar-refractivity contribution in [2.45, 2.75) is 19.4 Å². The van der Waals surface area contributed by atoms with E-state index in [9.17, 15) is 9.59 Å². The molecule has 0 saturated carbocycles. The fourth-order valence-corrected chi connectivity index (χ4v) is 1.84. The Morgan fingerprint density at radius 1 is 1.50 bits per heavy atom. The van der Waals surface area contributed by atoms with E-state index < -0.39 is 0 Å². The van der Waals surface area contributed by atoms with Gasteiger partial charge in [0.05, 0.1) is 18.6 Å². The Morgan fingerprint density at radius 3 is 2.93 bits per heavy atom. The van der Waals surface area contributed by atoms with Crippen LogP contribution in [0.2, 0.25) is 0 Å². The monoisotopic (exact) mass is 198 g/mol. The van der Waals surface area contributed by atoms with Crippen molar-refractivity contribution in [3.8, 4) is 0 Å². The lowest BCUT2D eigenvalue weighted by molar-refractivity contribution is -0.125. The number of hydrogen-bond donors (Lipinski definition) is 1. The van der Waals surface area contributed by atoms with Crippen molar-refractivity contribution >= 4 is 11.9 Å². The highest BCUT2D eigenvalue weighted by Crippen LogP contribution is 2.17. The molecule has 0 radical (unpaired) electrons. The molecule has 2 fully saturated rings. The number of ether oxygens (including phenoxy) is 1. The number of urea groups is 1. The Labute approximate surface area is 82.4 Å². The Kier molecular flexibility index (Phi) is 2.41. The number of hydrogen-bond acceptors (Lipinski definition) is 3. The van der Waals surface area contributed by atoms with Crippen LogP contribution in [0.3, 0.4) is 0 Å². The predicted octanol–water partition coefficient (Wildman–Crippen LogP) is -0.0368. The van der Waals surface area contributed by atoms with Crippen LogP contribution in [-0.4, -0.2) is 42.6 Å². The summed E-state index contributed by atoms with van der Waals surface area (Å²) in [6.07, 6.45) is 0.869. The molecule has 78 valence electrons. The molecule has 2 saturated heterocycles. The summed E-state index contributed by atoms with van der Waals surface area (Å²) in [4.78, 5) is 24.4. The molecule has 14 heavy (non-hydrogen) atoms. The van der Waals surface area contributed by atoms with Gasteiger partial charge in [0, 0.05) is 13.2 Å². The highest BCUT2D eigenvalue weighted by atomic mass is 16.5. The van der Waals surface area contributed by atoms with E-state index in [1.807, 2.05) is 6.92 Å². The van der Waals surface area contributed by atoms with E-state index in [0.29, 0.717) is 19.8 Å². The number of nitrogens with one attached hydrogen (secondary N) is 1. The average Bonchev–Trinajstić information content (AvgIpc) is 2.64. The van der Waals surface area contributed by atoms with Gasteiger partial charge in [0.25, 0.3) is 0 Å². The lowest BCUT2D eigenvalue weighted by Crippen LogP contribution is -2.57. The first-order valence-corrected chi connectivity index (χ1v) is 4.87. The van der Waals surface area contributed by atoms with Crippen molar-refractivity contribution in [2.75, 3.05) is 19.8 Å². The van der Waals surface area contributed by atoms with Crippen LogP contribution in [0.1, 0.15) is 13.3 Å². The maximum atomic E-state index is 11.5. The van der Waals surface area contributed by atoms with Gasteiger partial charge in [-0.1, -0.05) is 6.92 Å². The molecule has 0 aromatic heterocycles. The van der Waals surface area contributed by atoms with Crippen molar-refractivity contribution in [1.82, 2.24) is 10.2 Å². The maximum Gasteiger partial charge on any atom is 0.324 e. The molecule has 0 bridgehead atoms. The standard InChI is InChI=1S/C9H14N2O3/c1-6-4-11(7-2-3-14-5-7)9(13)10-8(6)12/h6-7H,2-5H2,1H3,(H,10,12,13). The van der Waals surface area contributed by atoms with Crippen LogP contribution in [0.15, 0.2) is 0 Å². The molecule has 2 unspecified atom stereocenters. The van der Waals surface area contributed by atoms with Crippen LogP contribution in [0, 0.1) is 5.92 Å². The summed E-state index contributed by atoms with van der Waals surface area (Å²) in [6, 6.07) is -0.130. The van der Waals surface area contributed by atoms with Crippen LogP contribution in [0.5, 0.6) is 0 Å². The molecule has 0 aromatic rings. The molecule has 2 aliphatic rings. The number of rotatable bonds is 1. The molecule has 2 aliphatic heterocycles. The SMILES string of the molecule is CC1CN(C2CCOC2)C(=O)NC1=O. The summed E-state index contributed by atoms with van der Waals surface area (Å²) < 4.78 is 5.21. The van der Waals surface area contributed by atoms with Crippen molar-refractivity contribution in [3.63, 3.8) is 0 Å². The van der Waals surface area contributed by atoms with Gasteiger partial charge in [0.2, 0.25) is 5.91 Å². The molecule has 1 N–H and O–H groups in total. The lowest BCUT2D eigenvalue weighted by Gasteiger charge is -2.34. The summed E-state index contributed by atoms with van der Waals surface area (Å²) in [6.45, 7) is 3.63. The molecular formula is C9H14N2O3. The summed E-state index contributed by atoms with van der Waals surface area (Å²) in [5.41, 5.74) is 0. The first-order chi connectivity index (χ1) is 6.68. The van der Waals surface area contributed by atoms with Gasteiger partial charge < -0.3 is 9.64 Å². The number of nitrogens with zero attached hydrogens (tertiary/aromatic N) is 1. The minimum Gasteiger partial charge on any atom is -0.379 e. The number of imide groups is 1. The van der Waals surface area contributed by atoms with Gasteiger partial charge in [0.15, 0.2) is 0 Å². The van der Waals surface area contributed by atoms with Gasteiger partial charge in [-0.25, -0.2) is 4.79 Å². The van der Waals surface area contributed by atoms with E-state index in [-0.39, 0.29) is 23.9 Å². The minimum absolute atomic E-state index is 0.117. The number of carbonyl (C=O) groups excluding carboxylic acids is 2. The maximum absolute atomic E-state index is 11.5. The molecule has 2 atom stereocenters. The third-order valence-electron chi connectivity index (χ3n) is 2.76. The quantitative estimate of drug-likeness (QED) is 0.643. The van der Waals surface area contributed by atoms with Crippen LogP contribution in [-0.2, 0) is 9.53 Å². The fourth-order valence-electron chi connectivity index (χ4n) is 1.84. The van der Waals surface area contributed by atoms with Crippen LogP contribution >= 0.6 is 0 Å². The molecule has 2 rings (SSSR count). The van der Waals surface area contributed by atoms with E-state index in [0.717, 1.165) is 6.42 Å². The molecule has 0 aliphatic carbocycles. The second-order valence-corrected chi connectivity index (χ2v) is 3.87. The zero-order valence-electron chi connectivity index (χ0n) is 8.16. The highest BCUT2D eigenvalue weighted by Gasteiger charge is 2.35. The van der Waals surface area contributed by atoms with Crippen molar-refractivity contribution in [3.05, 3.63) is 0 Å². The predicted molar refractivity (Wildman–Crippen MR) is 48.6 cm³/mol. The smallest absolute Gasteiger partial charge is 0.324 e. The fraction of sp³-hybridized carbons (Fsp3) is 0.778. The van der Waals surface area contributed by atoms with Gasteiger partial charge in [-0.15, -0.1) is 0 Å². The number of amides is 3. The van der Waals surface area contributed by atoms with E-state index in [1.165, 1.54) is 0 Å². The molecule has 2 heterocycles. The topological polar surface area (TPSA) is 58.6 Å². The summed E-state index contributed by atoms with van der Waals surface area (Å²) in [7, 11) is 0. The largest absolute Gasteiger partial charge is 0.379 e. The van der Waals surface area contributed by atoms with Gasteiger partial charge in [-0.3, -0.25) is 10.1 Å². The summed E-state index contributed by atoms with van der Waals surface area (Å²) >= 11 is 0. The van der Waals surface area contributed by atoms with Gasteiger partial charge in [0.1, 0.15) is 0 Å². The van der Waals surface area contributed by atoms with E-state index >= 15 is 0 Å². The Hall–Kier alpha value is -1.10. The lowest BCUT2D eigenvalue weighted by atomic mass is 10.1. The zero-order valence-corrected chi connectivity index (χ0v) is 8.16. The van der Waals surface area contributed by atoms with E-state index in [2.05, 4.69) is 5.32 Å². The second kappa shape index (κ2) is 3.57. The molecule has 3 amide bonds. The minimum atomic E-state index is -0.274. The van der Waals surface area contributed by atoms with Gasteiger partial charge >= 0.3 is 6.03 Å². The van der Waals surface area contributed by atoms with Gasteiger partial charge in [-0.2, -0.15) is 0 Å². The van der Waals surface area contributed by atoms with Crippen LogP contribution in [0.4, 0.5) is 4.79 Å². The molecular weight excluding hydrogens is 184 g/mol. The average molecular weight is 198 g/mol. The van der Waals surface area contributed by atoms with Crippen LogP contribution in [0.25, 0.3) is 0 Å². The van der Waals surface area contributed by atoms with Crippen molar-refractivity contribution in [2.24, 2.45) is 5.92 Å². The third kappa shape index (κ3) is 1.59.